The third-order valence-corrected chi connectivity index (χ3v) is 2.22. The van der Waals surface area contributed by atoms with Crippen molar-refractivity contribution >= 4 is 24.4 Å². The van der Waals surface area contributed by atoms with Gasteiger partial charge in [0.05, 0.1) is 18.1 Å². The number of thiol groups is 1. The molecule has 0 N–H and O–H groups in total. The van der Waals surface area contributed by atoms with Crippen LogP contribution in [0.1, 0.15) is 12.0 Å². The molecule has 0 heterocycles. The molecule has 0 aliphatic heterocycles. The van der Waals surface area contributed by atoms with E-state index in [0.717, 1.165) is 17.7 Å². The van der Waals surface area contributed by atoms with Crippen LogP contribution in [0.4, 0.5) is 5.69 Å². The topological polar surface area (TPSA) is 52.4 Å². The quantitative estimate of drug-likeness (QED) is 0.488. The lowest BCUT2D eigenvalue weighted by Crippen LogP contribution is -1.91. The van der Waals surface area contributed by atoms with Crippen LogP contribution in [0.3, 0.4) is 0 Å². The van der Waals surface area contributed by atoms with Gasteiger partial charge in [-0.3, -0.25) is 10.1 Å². The van der Waals surface area contributed by atoms with E-state index in [1.165, 1.54) is 19.2 Å². The van der Waals surface area contributed by atoms with Crippen molar-refractivity contribution in [3.8, 4) is 5.75 Å². The number of rotatable bonds is 5. The van der Waals surface area contributed by atoms with E-state index in [4.69, 9.17) is 4.74 Å². The Morgan fingerprint density at radius 3 is 2.81 bits per heavy atom. The summed E-state index contributed by atoms with van der Waals surface area (Å²) in [4.78, 5) is 10.2. The van der Waals surface area contributed by atoms with Crippen LogP contribution < -0.4 is 4.74 Å². The number of hydrogen-bond donors (Lipinski definition) is 1. The predicted molar refractivity (Wildman–Crippen MR) is 67.2 cm³/mol. The second kappa shape index (κ2) is 6.17. The summed E-state index contributed by atoms with van der Waals surface area (Å²) < 4.78 is 5.00. The van der Waals surface area contributed by atoms with Crippen LogP contribution in [0, 0.1) is 10.1 Å². The first kappa shape index (κ1) is 12.6. The van der Waals surface area contributed by atoms with Crippen LogP contribution in [0.25, 0.3) is 6.08 Å². The van der Waals surface area contributed by atoms with E-state index in [9.17, 15) is 10.1 Å². The van der Waals surface area contributed by atoms with Crippen LogP contribution in [0.5, 0.6) is 5.75 Å². The fraction of sp³-hybridized carbons (Fsp3) is 0.273. The van der Waals surface area contributed by atoms with E-state index in [1.54, 1.807) is 6.07 Å². The Kier molecular flexibility index (Phi) is 4.85. The average Bonchev–Trinajstić information content (AvgIpc) is 2.29. The molecule has 5 heteroatoms. The monoisotopic (exact) mass is 239 g/mol. The second-order valence-electron chi connectivity index (χ2n) is 3.14. The number of benzene rings is 1. The third-order valence-electron chi connectivity index (χ3n) is 1.97. The lowest BCUT2D eigenvalue weighted by Gasteiger charge is -2.01. The number of methoxy groups -OCH3 is 1. The summed E-state index contributed by atoms with van der Waals surface area (Å²) in [6.45, 7) is 0. The smallest absolute Gasteiger partial charge is 0.273 e. The maximum atomic E-state index is 10.7. The Morgan fingerprint density at radius 2 is 2.25 bits per heavy atom. The van der Waals surface area contributed by atoms with Crippen molar-refractivity contribution in [2.24, 2.45) is 0 Å². The van der Waals surface area contributed by atoms with E-state index in [2.05, 4.69) is 12.6 Å². The normalized spacial score (nSPS) is 10.6. The standard InChI is InChI=1S/C11H13NO3S/c1-15-11-7-9(4-2-3-5-16)6-10(8-11)12(13)14/h2,4,6-8,16H,3,5H2,1H3. The van der Waals surface area contributed by atoms with Crippen molar-refractivity contribution in [3.63, 3.8) is 0 Å². The molecule has 1 aromatic rings. The van der Waals surface area contributed by atoms with Gasteiger partial charge in [-0.25, -0.2) is 0 Å². The van der Waals surface area contributed by atoms with Gasteiger partial charge in [-0.15, -0.1) is 0 Å². The first-order chi connectivity index (χ1) is 7.67. The number of nitrogens with zero attached hydrogens (tertiary/aromatic N) is 1. The van der Waals surface area contributed by atoms with E-state index in [1.807, 2.05) is 12.2 Å². The first-order valence-corrected chi connectivity index (χ1v) is 5.41. The fourth-order valence-electron chi connectivity index (χ4n) is 1.22. The Morgan fingerprint density at radius 1 is 1.50 bits per heavy atom. The molecule has 0 aliphatic rings. The van der Waals surface area contributed by atoms with Crippen molar-refractivity contribution in [2.75, 3.05) is 12.9 Å². The zero-order valence-electron chi connectivity index (χ0n) is 8.92. The number of hydrogen-bond acceptors (Lipinski definition) is 4. The van der Waals surface area contributed by atoms with Crippen LogP contribution in [-0.2, 0) is 0 Å². The van der Waals surface area contributed by atoms with Gasteiger partial charge < -0.3 is 4.74 Å². The van der Waals surface area contributed by atoms with Gasteiger partial charge in [0.15, 0.2) is 0 Å². The van der Waals surface area contributed by atoms with Crippen molar-refractivity contribution in [1.29, 1.82) is 0 Å². The van der Waals surface area contributed by atoms with Gasteiger partial charge in [-0.1, -0.05) is 12.2 Å². The molecule has 4 nitrogen and oxygen atoms in total. The predicted octanol–water partition coefficient (Wildman–Crippen LogP) is 2.94. The fourth-order valence-corrected chi connectivity index (χ4v) is 1.37. The largest absolute Gasteiger partial charge is 0.496 e. The number of allylic oxidation sites excluding steroid dienone is 1. The number of non-ortho nitro benzene ring substituents is 1. The second-order valence-corrected chi connectivity index (χ2v) is 3.58. The third kappa shape index (κ3) is 3.58. The minimum absolute atomic E-state index is 0.0323. The molecular formula is C11H13NO3S. The van der Waals surface area contributed by atoms with Gasteiger partial charge in [-0.05, 0) is 23.8 Å². The SMILES string of the molecule is COc1cc(C=CCCS)cc([N+](=O)[O-])c1. The van der Waals surface area contributed by atoms with Crippen molar-refractivity contribution in [1.82, 2.24) is 0 Å². The Hall–Kier alpha value is -1.49. The molecule has 0 spiro atoms. The number of ether oxygens (including phenoxy) is 1. The molecule has 0 saturated carbocycles. The molecule has 0 radical (unpaired) electrons. The minimum Gasteiger partial charge on any atom is -0.496 e. The summed E-state index contributed by atoms with van der Waals surface area (Å²) >= 11 is 4.07. The van der Waals surface area contributed by atoms with Crippen molar-refractivity contribution in [2.45, 2.75) is 6.42 Å². The number of nitro groups is 1. The molecule has 0 atom stereocenters. The van der Waals surface area contributed by atoms with E-state index in [0.29, 0.717) is 5.75 Å². The average molecular weight is 239 g/mol. The summed E-state index contributed by atoms with van der Waals surface area (Å²) in [6.07, 6.45) is 4.57. The highest BCUT2D eigenvalue weighted by molar-refractivity contribution is 7.80. The Labute approximate surface area is 99.5 Å². The molecule has 0 amide bonds. The molecule has 1 rings (SSSR count). The molecule has 0 fully saturated rings. The molecule has 0 bridgehead atoms. The Balaban J connectivity index is 2.99. The van der Waals surface area contributed by atoms with Crippen molar-refractivity contribution < 1.29 is 9.66 Å². The lowest BCUT2D eigenvalue weighted by molar-refractivity contribution is -0.384. The summed E-state index contributed by atoms with van der Waals surface area (Å²) in [5.41, 5.74) is 0.790. The first-order valence-electron chi connectivity index (χ1n) is 4.78. The molecule has 0 aromatic heterocycles. The van der Waals surface area contributed by atoms with Gasteiger partial charge >= 0.3 is 0 Å². The van der Waals surface area contributed by atoms with E-state index in [-0.39, 0.29) is 5.69 Å². The molecular weight excluding hydrogens is 226 g/mol. The van der Waals surface area contributed by atoms with Crippen LogP contribution in [-0.4, -0.2) is 17.8 Å². The molecule has 16 heavy (non-hydrogen) atoms. The lowest BCUT2D eigenvalue weighted by atomic mass is 10.1. The van der Waals surface area contributed by atoms with Crippen LogP contribution in [0.2, 0.25) is 0 Å². The molecule has 0 unspecified atom stereocenters. The van der Waals surface area contributed by atoms with Crippen LogP contribution in [0.15, 0.2) is 24.3 Å². The van der Waals surface area contributed by atoms with Gasteiger partial charge in [0.25, 0.3) is 5.69 Å². The highest BCUT2D eigenvalue weighted by Gasteiger charge is 2.08. The van der Waals surface area contributed by atoms with E-state index < -0.39 is 4.92 Å². The molecule has 86 valence electrons. The van der Waals surface area contributed by atoms with Gasteiger partial charge in [0, 0.05) is 6.07 Å². The van der Waals surface area contributed by atoms with Crippen LogP contribution >= 0.6 is 12.6 Å². The van der Waals surface area contributed by atoms with Gasteiger partial charge in [0.1, 0.15) is 5.75 Å². The Bertz CT molecular complexity index is 404. The highest BCUT2D eigenvalue weighted by Crippen LogP contribution is 2.23. The summed E-state index contributed by atoms with van der Waals surface area (Å²) in [5, 5.41) is 10.7. The summed E-state index contributed by atoms with van der Waals surface area (Å²) in [6, 6.07) is 4.66. The number of nitro benzene ring substituents is 1. The van der Waals surface area contributed by atoms with Crippen molar-refractivity contribution in [3.05, 3.63) is 40.0 Å². The minimum atomic E-state index is -0.432. The maximum absolute atomic E-state index is 10.7. The van der Waals surface area contributed by atoms with Gasteiger partial charge in [0.2, 0.25) is 0 Å². The maximum Gasteiger partial charge on any atom is 0.273 e. The highest BCUT2D eigenvalue weighted by atomic mass is 32.1. The summed E-state index contributed by atoms with van der Waals surface area (Å²) in [5.74, 6) is 1.24. The van der Waals surface area contributed by atoms with Gasteiger partial charge in [-0.2, -0.15) is 12.6 Å². The zero-order chi connectivity index (χ0) is 12.0. The summed E-state index contributed by atoms with van der Waals surface area (Å²) in [7, 11) is 1.49. The van der Waals surface area contributed by atoms with E-state index >= 15 is 0 Å². The molecule has 0 aliphatic carbocycles. The zero-order valence-corrected chi connectivity index (χ0v) is 9.81. The molecule has 0 saturated heterocycles. The molecule has 1 aromatic carbocycles.